The Morgan fingerprint density at radius 2 is 2.20 bits per heavy atom. The molecule has 1 aromatic carbocycles. The van der Waals surface area contributed by atoms with Crippen LogP contribution in [0.5, 0.6) is 0 Å². The molecular formula is C22H23FN4O3. The van der Waals surface area contributed by atoms with Gasteiger partial charge in [0, 0.05) is 12.1 Å². The number of nitrogens with one attached hydrogen (secondary N) is 2. The van der Waals surface area contributed by atoms with Crippen molar-refractivity contribution in [1.29, 1.82) is 0 Å². The molecule has 7 nitrogen and oxygen atoms in total. The molecule has 2 amide bonds. The number of carbonyl (C=O) groups excluding carboxylic acids is 2. The van der Waals surface area contributed by atoms with Crippen LogP contribution in [0.25, 0.3) is 11.3 Å². The number of halogens is 1. The maximum absolute atomic E-state index is 13.5. The van der Waals surface area contributed by atoms with Crippen LogP contribution in [0.3, 0.4) is 0 Å². The number of hydrogen-bond donors (Lipinski definition) is 2. The predicted octanol–water partition coefficient (Wildman–Crippen LogP) is 3.60. The van der Waals surface area contributed by atoms with Crippen LogP contribution < -0.4 is 5.32 Å². The van der Waals surface area contributed by atoms with Gasteiger partial charge in [-0.25, -0.2) is 9.37 Å². The third-order valence-corrected chi connectivity index (χ3v) is 5.37. The summed E-state index contributed by atoms with van der Waals surface area (Å²) in [5.41, 5.74) is 1.82. The van der Waals surface area contributed by atoms with E-state index in [0.29, 0.717) is 35.0 Å². The number of amides is 2. The first-order chi connectivity index (χ1) is 14.5. The molecule has 2 N–H and O–H groups in total. The number of aryl methyl sites for hydroxylation is 1. The van der Waals surface area contributed by atoms with Crippen LogP contribution in [0.15, 0.2) is 47.2 Å². The standard InChI is InChI=1S/C22H23FN4O3/c1-14-17(8-10-30-14)22(29)25-13-20(28)27-9-3-2-7-19(27)21-24-12-18(26-21)15-5-4-6-16(23)11-15/h4-6,8,10-12,19H,2-3,7,9,13H2,1H3,(H,24,26)(H,25,29)/t19-/m1/s1. The van der Waals surface area contributed by atoms with Crippen LogP contribution >= 0.6 is 0 Å². The number of carbonyl (C=O) groups is 2. The highest BCUT2D eigenvalue weighted by molar-refractivity contribution is 5.97. The monoisotopic (exact) mass is 410 g/mol. The van der Waals surface area contributed by atoms with Gasteiger partial charge in [0.25, 0.3) is 5.91 Å². The molecule has 1 saturated heterocycles. The number of nitrogens with zero attached hydrogens (tertiary/aromatic N) is 2. The molecule has 3 heterocycles. The summed E-state index contributed by atoms with van der Waals surface area (Å²) in [4.78, 5) is 34.6. The first-order valence-corrected chi connectivity index (χ1v) is 9.95. The average molecular weight is 410 g/mol. The summed E-state index contributed by atoms with van der Waals surface area (Å²) in [5, 5.41) is 2.67. The molecule has 0 saturated carbocycles. The van der Waals surface area contributed by atoms with E-state index in [2.05, 4.69) is 15.3 Å². The second-order valence-electron chi connectivity index (χ2n) is 7.36. The zero-order valence-corrected chi connectivity index (χ0v) is 16.7. The minimum absolute atomic E-state index is 0.0998. The smallest absolute Gasteiger partial charge is 0.255 e. The molecule has 0 radical (unpaired) electrons. The lowest BCUT2D eigenvalue weighted by Crippen LogP contribution is -2.44. The highest BCUT2D eigenvalue weighted by atomic mass is 19.1. The topological polar surface area (TPSA) is 91.2 Å². The number of imidazole rings is 1. The molecule has 4 rings (SSSR count). The van der Waals surface area contributed by atoms with E-state index in [1.54, 1.807) is 36.2 Å². The SMILES string of the molecule is Cc1occc1C(=O)NCC(=O)N1CCCC[C@@H]1c1ncc(-c2cccc(F)c2)[nH]1. The fraction of sp³-hybridized carbons (Fsp3) is 0.318. The Bertz CT molecular complexity index is 1060. The van der Waals surface area contributed by atoms with Crippen molar-refractivity contribution in [2.75, 3.05) is 13.1 Å². The van der Waals surface area contributed by atoms with Gasteiger partial charge in [-0.15, -0.1) is 0 Å². The zero-order chi connectivity index (χ0) is 21.1. The molecule has 1 fully saturated rings. The van der Waals surface area contributed by atoms with Crippen molar-refractivity contribution >= 4 is 11.8 Å². The summed E-state index contributed by atoms with van der Waals surface area (Å²) in [6, 6.07) is 7.65. The molecule has 0 unspecified atom stereocenters. The van der Waals surface area contributed by atoms with Crippen molar-refractivity contribution in [3.05, 3.63) is 65.8 Å². The molecule has 0 bridgehead atoms. The molecule has 1 atom stereocenters. The molecule has 2 aromatic heterocycles. The quantitative estimate of drug-likeness (QED) is 0.672. The van der Waals surface area contributed by atoms with Crippen molar-refractivity contribution in [3.63, 3.8) is 0 Å². The van der Waals surface area contributed by atoms with E-state index in [1.807, 2.05) is 0 Å². The van der Waals surface area contributed by atoms with Crippen molar-refractivity contribution in [1.82, 2.24) is 20.2 Å². The largest absolute Gasteiger partial charge is 0.469 e. The lowest BCUT2D eigenvalue weighted by Gasteiger charge is -2.34. The highest BCUT2D eigenvalue weighted by Gasteiger charge is 2.30. The number of furan rings is 1. The summed E-state index contributed by atoms with van der Waals surface area (Å²) in [5.74, 6) is 0.352. The maximum atomic E-state index is 13.5. The van der Waals surface area contributed by atoms with E-state index in [4.69, 9.17) is 4.42 Å². The van der Waals surface area contributed by atoms with Crippen LogP contribution in [0.2, 0.25) is 0 Å². The van der Waals surface area contributed by atoms with Gasteiger partial charge < -0.3 is 19.6 Å². The summed E-state index contributed by atoms with van der Waals surface area (Å²) in [7, 11) is 0. The van der Waals surface area contributed by atoms with E-state index in [-0.39, 0.29) is 30.2 Å². The van der Waals surface area contributed by atoms with Crippen molar-refractivity contribution < 1.29 is 18.4 Å². The maximum Gasteiger partial charge on any atom is 0.255 e. The van der Waals surface area contributed by atoms with E-state index < -0.39 is 0 Å². The van der Waals surface area contributed by atoms with Gasteiger partial charge in [-0.3, -0.25) is 9.59 Å². The van der Waals surface area contributed by atoms with Crippen LogP contribution in [0, 0.1) is 12.7 Å². The first kappa shape index (κ1) is 19.9. The average Bonchev–Trinajstić information content (AvgIpc) is 3.41. The van der Waals surface area contributed by atoms with Gasteiger partial charge in [0.1, 0.15) is 17.4 Å². The number of likely N-dealkylation sites (tertiary alicyclic amines) is 1. The number of aromatic amines is 1. The summed E-state index contributed by atoms with van der Waals surface area (Å²) >= 11 is 0. The molecule has 0 aliphatic carbocycles. The number of piperidine rings is 1. The van der Waals surface area contributed by atoms with Crippen LogP contribution in [0.4, 0.5) is 4.39 Å². The number of benzene rings is 1. The molecular weight excluding hydrogens is 387 g/mol. The lowest BCUT2D eigenvalue weighted by molar-refractivity contribution is -0.134. The number of aromatic nitrogens is 2. The molecule has 0 spiro atoms. The van der Waals surface area contributed by atoms with Crippen LogP contribution in [0.1, 0.15) is 47.2 Å². The van der Waals surface area contributed by atoms with E-state index >= 15 is 0 Å². The van der Waals surface area contributed by atoms with E-state index in [1.165, 1.54) is 18.4 Å². The lowest BCUT2D eigenvalue weighted by atomic mass is 10.0. The Hall–Kier alpha value is -3.42. The fourth-order valence-electron chi connectivity index (χ4n) is 3.80. The fourth-order valence-corrected chi connectivity index (χ4v) is 3.80. The highest BCUT2D eigenvalue weighted by Crippen LogP contribution is 2.30. The first-order valence-electron chi connectivity index (χ1n) is 9.95. The Kier molecular flexibility index (Phi) is 5.65. The zero-order valence-electron chi connectivity index (χ0n) is 16.7. The third-order valence-electron chi connectivity index (χ3n) is 5.37. The Labute approximate surface area is 173 Å². The minimum Gasteiger partial charge on any atom is -0.469 e. The minimum atomic E-state index is -0.338. The third kappa shape index (κ3) is 4.12. The van der Waals surface area contributed by atoms with Crippen LogP contribution in [-0.4, -0.2) is 39.8 Å². The normalized spacial score (nSPS) is 16.5. The molecule has 1 aliphatic heterocycles. The van der Waals surface area contributed by atoms with Crippen LogP contribution in [-0.2, 0) is 4.79 Å². The Balaban J connectivity index is 1.46. The van der Waals surface area contributed by atoms with Gasteiger partial charge in [-0.2, -0.15) is 0 Å². The van der Waals surface area contributed by atoms with Crippen molar-refractivity contribution in [2.45, 2.75) is 32.2 Å². The van der Waals surface area contributed by atoms with Gasteiger partial charge in [-0.1, -0.05) is 12.1 Å². The van der Waals surface area contributed by atoms with E-state index in [0.717, 1.165) is 19.3 Å². The Morgan fingerprint density at radius 1 is 1.33 bits per heavy atom. The van der Waals surface area contributed by atoms with Crippen molar-refractivity contribution in [2.24, 2.45) is 0 Å². The molecule has 3 aromatic rings. The molecule has 1 aliphatic rings. The van der Waals surface area contributed by atoms with Gasteiger partial charge in [0.2, 0.25) is 5.91 Å². The molecule has 156 valence electrons. The summed E-state index contributed by atoms with van der Waals surface area (Å²) < 4.78 is 18.7. The summed E-state index contributed by atoms with van der Waals surface area (Å²) in [6.45, 7) is 2.20. The van der Waals surface area contributed by atoms with Gasteiger partial charge in [0.05, 0.1) is 36.3 Å². The number of hydrogen-bond acceptors (Lipinski definition) is 4. The van der Waals surface area contributed by atoms with Gasteiger partial charge >= 0.3 is 0 Å². The van der Waals surface area contributed by atoms with Crippen molar-refractivity contribution in [3.8, 4) is 11.3 Å². The second kappa shape index (κ2) is 8.52. The molecule has 8 heteroatoms. The van der Waals surface area contributed by atoms with Gasteiger partial charge in [0.15, 0.2) is 0 Å². The van der Waals surface area contributed by atoms with Gasteiger partial charge in [-0.05, 0) is 44.4 Å². The second-order valence-corrected chi connectivity index (χ2v) is 7.36. The number of H-pyrrole nitrogens is 1. The number of rotatable bonds is 5. The summed E-state index contributed by atoms with van der Waals surface area (Å²) in [6.07, 6.45) is 5.75. The predicted molar refractivity (Wildman–Crippen MR) is 108 cm³/mol. The van der Waals surface area contributed by atoms with E-state index in [9.17, 15) is 14.0 Å². The Morgan fingerprint density at radius 3 is 2.97 bits per heavy atom. The molecule has 30 heavy (non-hydrogen) atoms.